The van der Waals surface area contributed by atoms with E-state index in [0.717, 1.165) is 13.1 Å². The molecule has 1 fully saturated rings. The quantitative estimate of drug-likeness (QED) is 0.863. The highest BCUT2D eigenvalue weighted by Gasteiger charge is 2.21. The number of rotatable bonds is 3. The maximum atomic E-state index is 12.0. The molecule has 1 amide bonds. The number of carbonyl (C=O) groups excluding carboxylic acids is 1. The van der Waals surface area contributed by atoms with Gasteiger partial charge in [-0.3, -0.25) is 9.69 Å². The van der Waals surface area contributed by atoms with Crippen LogP contribution >= 0.6 is 0 Å². The van der Waals surface area contributed by atoms with Gasteiger partial charge in [0, 0.05) is 19.6 Å². The molecule has 3 rings (SSSR count). The third-order valence-corrected chi connectivity index (χ3v) is 3.92. The molecule has 0 unspecified atom stereocenters. The molecule has 0 spiro atoms. The van der Waals surface area contributed by atoms with Crippen molar-refractivity contribution in [2.75, 3.05) is 26.7 Å². The standard InChI is InChI=1S/C18H20N2O/c1-19-10-11-20(18(21)14-19)13-15-6-5-9-17(12-15)16-7-3-2-4-8-16/h2-9,12H,10-11,13-14H2,1H3. The molecular weight excluding hydrogens is 260 g/mol. The van der Waals surface area contributed by atoms with Crippen molar-refractivity contribution in [2.45, 2.75) is 6.54 Å². The molecule has 0 saturated carbocycles. The van der Waals surface area contributed by atoms with Gasteiger partial charge in [-0.05, 0) is 29.8 Å². The van der Waals surface area contributed by atoms with Crippen LogP contribution in [0.4, 0.5) is 0 Å². The fourth-order valence-corrected chi connectivity index (χ4v) is 2.69. The monoisotopic (exact) mass is 280 g/mol. The van der Waals surface area contributed by atoms with Crippen molar-refractivity contribution in [3.8, 4) is 11.1 Å². The van der Waals surface area contributed by atoms with Crippen molar-refractivity contribution >= 4 is 5.91 Å². The summed E-state index contributed by atoms with van der Waals surface area (Å²) < 4.78 is 0. The first-order valence-corrected chi connectivity index (χ1v) is 7.33. The van der Waals surface area contributed by atoms with Gasteiger partial charge in [0.05, 0.1) is 6.54 Å². The molecular formula is C18H20N2O. The maximum absolute atomic E-state index is 12.0. The molecule has 2 aromatic rings. The zero-order valence-corrected chi connectivity index (χ0v) is 12.3. The first kappa shape index (κ1) is 13.8. The average molecular weight is 280 g/mol. The summed E-state index contributed by atoms with van der Waals surface area (Å²) in [6.45, 7) is 2.99. The number of nitrogens with zero attached hydrogens (tertiary/aromatic N) is 2. The van der Waals surface area contributed by atoms with Gasteiger partial charge < -0.3 is 4.90 Å². The third-order valence-electron chi connectivity index (χ3n) is 3.92. The maximum Gasteiger partial charge on any atom is 0.237 e. The average Bonchev–Trinajstić information content (AvgIpc) is 2.51. The van der Waals surface area contributed by atoms with Gasteiger partial charge in [-0.15, -0.1) is 0 Å². The normalized spacial score (nSPS) is 16.2. The summed E-state index contributed by atoms with van der Waals surface area (Å²) in [4.78, 5) is 16.1. The SMILES string of the molecule is CN1CCN(Cc2cccc(-c3ccccc3)c2)C(=O)C1. The molecule has 0 radical (unpaired) electrons. The Hall–Kier alpha value is -2.13. The van der Waals surface area contributed by atoms with Gasteiger partial charge >= 0.3 is 0 Å². The molecule has 21 heavy (non-hydrogen) atoms. The molecule has 3 nitrogen and oxygen atoms in total. The van der Waals surface area contributed by atoms with Crippen molar-refractivity contribution in [2.24, 2.45) is 0 Å². The van der Waals surface area contributed by atoms with Gasteiger partial charge in [0.25, 0.3) is 0 Å². The number of amides is 1. The largest absolute Gasteiger partial charge is 0.336 e. The highest BCUT2D eigenvalue weighted by molar-refractivity contribution is 5.79. The summed E-state index contributed by atoms with van der Waals surface area (Å²) in [6.07, 6.45) is 0. The van der Waals surface area contributed by atoms with E-state index in [9.17, 15) is 4.79 Å². The van der Waals surface area contributed by atoms with Gasteiger partial charge in [0.2, 0.25) is 5.91 Å². The highest BCUT2D eigenvalue weighted by atomic mass is 16.2. The molecule has 2 aromatic carbocycles. The minimum atomic E-state index is 0.217. The summed E-state index contributed by atoms with van der Waals surface area (Å²) in [5, 5.41) is 0. The zero-order chi connectivity index (χ0) is 14.7. The van der Waals surface area contributed by atoms with E-state index in [1.807, 2.05) is 30.1 Å². The molecule has 1 aliphatic rings. The van der Waals surface area contributed by atoms with Gasteiger partial charge in [0.1, 0.15) is 0 Å². The molecule has 0 bridgehead atoms. The van der Waals surface area contributed by atoms with Gasteiger partial charge in [-0.2, -0.15) is 0 Å². The van der Waals surface area contributed by atoms with Crippen LogP contribution in [0.5, 0.6) is 0 Å². The van der Waals surface area contributed by atoms with E-state index >= 15 is 0 Å². The van der Waals surface area contributed by atoms with E-state index in [1.54, 1.807) is 0 Å². The minimum absolute atomic E-state index is 0.217. The lowest BCUT2D eigenvalue weighted by molar-refractivity contribution is -0.136. The number of hydrogen-bond donors (Lipinski definition) is 0. The number of hydrogen-bond acceptors (Lipinski definition) is 2. The molecule has 3 heteroatoms. The minimum Gasteiger partial charge on any atom is -0.336 e. The van der Waals surface area contributed by atoms with Crippen molar-refractivity contribution < 1.29 is 4.79 Å². The molecule has 1 aliphatic heterocycles. The second kappa shape index (κ2) is 6.10. The topological polar surface area (TPSA) is 23.6 Å². The van der Waals surface area contributed by atoms with Gasteiger partial charge in [0.15, 0.2) is 0 Å². The number of carbonyl (C=O) groups is 1. The molecule has 0 aliphatic carbocycles. The Kier molecular flexibility index (Phi) is 4.02. The molecule has 1 heterocycles. The molecule has 108 valence electrons. The van der Waals surface area contributed by atoms with Crippen molar-refractivity contribution in [3.63, 3.8) is 0 Å². The molecule has 0 aromatic heterocycles. The van der Waals surface area contributed by atoms with Crippen molar-refractivity contribution in [1.29, 1.82) is 0 Å². The molecule has 0 atom stereocenters. The third kappa shape index (κ3) is 3.31. The summed E-state index contributed by atoms with van der Waals surface area (Å²) in [5.74, 6) is 0.217. The van der Waals surface area contributed by atoms with Crippen LogP contribution in [0.25, 0.3) is 11.1 Å². The van der Waals surface area contributed by atoms with Crippen LogP contribution in [0.15, 0.2) is 54.6 Å². The fourth-order valence-electron chi connectivity index (χ4n) is 2.69. The second-order valence-electron chi connectivity index (χ2n) is 5.62. The van der Waals surface area contributed by atoms with Crippen LogP contribution < -0.4 is 0 Å². The number of likely N-dealkylation sites (N-methyl/N-ethyl adjacent to an activating group) is 1. The Morgan fingerprint density at radius 1 is 0.952 bits per heavy atom. The lowest BCUT2D eigenvalue weighted by atomic mass is 10.0. The van der Waals surface area contributed by atoms with E-state index in [2.05, 4.69) is 41.3 Å². The fraction of sp³-hybridized carbons (Fsp3) is 0.278. The van der Waals surface area contributed by atoms with E-state index in [1.165, 1.54) is 16.7 Å². The van der Waals surface area contributed by atoms with E-state index < -0.39 is 0 Å². The Labute approximate surface area is 125 Å². The second-order valence-corrected chi connectivity index (χ2v) is 5.62. The van der Waals surface area contributed by atoms with Gasteiger partial charge in [-0.1, -0.05) is 48.5 Å². The zero-order valence-electron chi connectivity index (χ0n) is 12.3. The van der Waals surface area contributed by atoms with E-state index in [4.69, 9.17) is 0 Å². The molecule has 0 N–H and O–H groups in total. The van der Waals surface area contributed by atoms with Crippen LogP contribution in [-0.4, -0.2) is 42.4 Å². The van der Waals surface area contributed by atoms with Gasteiger partial charge in [-0.25, -0.2) is 0 Å². The van der Waals surface area contributed by atoms with Crippen LogP contribution in [0.3, 0.4) is 0 Å². The van der Waals surface area contributed by atoms with Crippen LogP contribution in [0, 0.1) is 0 Å². The summed E-state index contributed by atoms with van der Waals surface area (Å²) in [6, 6.07) is 18.8. The van der Waals surface area contributed by atoms with Crippen molar-refractivity contribution in [3.05, 3.63) is 60.2 Å². The number of benzene rings is 2. The molecule has 1 saturated heterocycles. The lowest BCUT2D eigenvalue weighted by Gasteiger charge is -2.32. The number of piperazine rings is 1. The van der Waals surface area contributed by atoms with E-state index in [-0.39, 0.29) is 5.91 Å². The Morgan fingerprint density at radius 2 is 1.71 bits per heavy atom. The highest BCUT2D eigenvalue weighted by Crippen LogP contribution is 2.21. The summed E-state index contributed by atoms with van der Waals surface area (Å²) >= 11 is 0. The van der Waals surface area contributed by atoms with Crippen LogP contribution in [0.1, 0.15) is 5.56 Å². The van der Waals surface area contributed by atoms with Crippen LogP contribution in [0.2, 0.25) is 0 Å². The van der Waals surface area contributed by atoms with Crippen molar-refractivity contribution in [1.82, 2.24) is 9.80 Å². The first-order chi connectivity index (χ1) is 10.2. The predicted molar refractivity (Wildman–Crippen MR) is 84.8 cm³/mol. The Morgan fingerprint density at radius 3 is 2.48 bits per heavy atom. The smallest absolute Gasteiger partial charge is 0.237 e. The first-order valence-electron chi connectivity index (χ1n) is 7.33. The Balaban J connectivity index is 1.76. The summed E-state index contributed by atoms with van der Waals surface area (Å²) in [7, 11) is 1.99. The summed E-state index contributed by atoms with van der Waals surface area (Å²) in [5.41, 5.74) is 3.60. The predicted octanol–water partition coefficient (Wildman–Crippen LogP) is 2.63. The van der Waals surface area contributed by atoms with Crippen LogP contribution in [-0.2, 0) is 11.3 Å². The lowest BCUT2D eigenvalue weighted by Crippen LogP contribution is -2.48. The van der Waals surface area contributed by atoms with E-state index in [0.29, 0.717) is 13.1 Å². The Bertz CT molecular complexity index is 624.